The van der Waals surface area contributed by atoms with E-state index >= 15 is 0 Å². The Labute approximate surface area is 64.5 Å². The number of ether oxygens (including phenoxy) is 1. The van der Waals surface area contributed by atoms with E-state index in [1.165, 1.54) is 0 Å². The van der Waals surface area contributed by atoms with Crippen molar-refractivity contribution in [2.24, 2.45) is 0 Å². The monoisotopic (exact) mass is 183 g/mol. The van der Waals surface area contributed by atoms with Crippen LogP contribution in [0.4, 0.5) is 17.6 Å². The molecule has 0 unspecified atom stereocenters. The number of rotatable bonds is 3. The number of hydrogen-bond donors (Lipinski definition) is 0. The predicted molar refractivity (Wildman–Crippen MR) is 28.9 cm³/mol. The summed E-state index contributed by atoms with van der Waals surface area (Å²) in [6.45, 7) is -6.16. The third kappa shape index (κ3) is 1.86. The van der Waals surface area contributed by atoms with Gasteiger partial charge in [-0.05, 0) is 0 Å². The molecule has 3 nitrogen and oxygen atoms in total. The summed E-state index contributed by atoms with van der Waals surface area (Å²) in [7, 11) is 0. The molecule has 0 N–H and O–H groups in total. The third-order valence-electron chi connectivity index (χ3n) is 0.974. The van der Waals surface area contributed by atoms with Crippen LogP contribution in [0.15, 0.2) is 6.07 Å². The zero-order chi connectivity index (χ0) is 9.14. The number of aromatic nitrogens is 2. The Morgan fingerprint density at radius 1 is 1.42 bits per heavy atom. The van der Waals surface area contributed by atoms with Crippen molar-refractivity contribution in [2.75, 3.05) is 0 Å². The molecule has 1 aromatic heterocycles. The van der Waals surface area contributed by atoms with E-state index in [1.54, 1.807) is 0 Å². The summed E-state index contributed by atoms with van der Waals surface area (Å²) in [5.74, 6) is -0.708. The maximum atomic E-state index is 11.9. The molecule has 1 rings (SSSR count). The number of halogens is 4. The summed E-state index contributed by atoms with van der Waals surface area (Å²) in [6.07, 6.45) is 1.96. The van der Waals surface area contributed by atoms with Crippen LogP contribution in [-0.2, 0) is 0 Å². The van der Waals surface area contributed by atoms with Gasteiger partial charge in [0.1, 0.15) is 6.20 Å². The lowest BCUT2D eigenvalue weighted by Gasteiger charge is -2.05. The Morgan fingerprint density at radius 2 is 2.08 bits per heavy atom. The van der Waals surface area contributed by atoms with Crippen LogP contribution in [0.1, 0.15) is 6.55 Å². The van der Waals surface area contributed by atoms with Crippen molar-refractivity contribution in [2.45, 2.75) is 13.2 Å². The first-order valence-electron chi connectivity index (χ1n) is 2.80. The highest BCUT2D eigenvalue weighted by Crippen LogP contribution is 2.19. The minimum absolute atomic E-state index is 0.00611. The number of nitrogens with zero attached hydrogens (tertiary/aromatic N) is 2. The molecule has 0 aromatic carbocycles. The maximum Gasteiger partial charge on any atom is 0.388 e. The molecule has 12 heavy (non-hydrogen) atoms. The highest BCUT2D eigenvalue weighted by molar-refractivity contribution is 5.06. The van der Waals surface area contributed by atoms with Crippen LogP contribution in [-0.4, -0.2) is 16.4 Å². The van der Waals surface area contributed by atoms with Crippen LogP contribution in [0.25, 0.3) is 0 Å². The first kappa shape index (κ1) is 8.82. The van der Waals surface area contributed by atoms with Gasteiger partial charge >= 0.3 is 13.2 Å². The van der Waals surface area contributed by atoms with E-state index < -0.39 is 19.0 Å². The summed E-state index contributed by atoms with van der Waals surface area (Å²) in [4.78, 5) is 0. The van der Waals surface area contributed by atoms with Crippen LogP contribution in [0.5, 0.6) is 5.88 Å². The SMILES string of the molecule is FC(F)Oc1c[c]nn1C(F)F. The molecule has 7 heteroatoms. The molecule has 1 aromatic rings. The molecule has 0 atom stereocenters. The van der Waals surface area contributed by atoms with E-state index in [0.717, 1.165) is 6.07 Å². The van der Waals surface area contributed by atoms with Gasteiger partial charge in [0.25, 0.3) is 0 Å². The summed E-state index contributed by atoms with van der Waals surface area (Å²) >= 11 is 0. The molecule has 1 radical (unpaired) electrons. The second-order valence-electron chi connectivity index (χ2n) is 1.71. The molecular formula is C5H3F4N2O. The van der Waals surface area contributed by atoms with Gasteiger partial charge in [-0.15, -0.1) is 0 Å². The van der Waals surface area contributed by atoms with Crippen LogP contribution >= 0.6 is 0 Å². The van der Waals surface area contributed by atoms with Crippen molar-refractivity contribution in [3.8, 4) is 5.88 Å². The van der Waals surface area contributed by atoms with E-state index in [1.807, 2.05) is 6.20 Å². The molecular weight excluding hydrogens is 180 g/mol. The molecule has 0 saturated carbocycles. The quantitative estimate of drug-likeness (QED) is 0.666. The van der Waals surface area contributed by atoms with Gasteiger partial charge in [-0.2, -0.15) is 27.3 Å². The van der Waals surface area contributed by atoms with Gasteiger partial charge < -0.3 is 4.74 Å². The van der Waals surface area contributed by atoms with Crippen LogP contribution in [0.2, 0.25) is 0 Å². The van der Waals surface area contributed by atoms with Crippen LogP contribution in [0.3, 0.4) is 0 Å². The smallest absolute Gasteiger partial charge is 0.388 e. The second-order valence-corrected chi connectivity index (χ2v) is 1.71. The standard InChI is InChI=1S/C5H3F4N2O/c6-4(7)11-3(1-2-10-11)12-5(8)9/h1,4-5H. The first-order chi connectivity index (χ1) is 5.61. The molecule has 0 saturated heterocycles. The van der Waals surface area contributed by atoms with Crippen molar-refractivity contribution in [1.82, 2.24) is 9.78 Å². The minimum Gasteiger partial charge on any atom is -0.417 e. The van der Waals surface area contributed by atoms with Crippen LogP contribution in [0, 0.1) is 6.20 Å². The number of hydrogen-bond acceptors (Lipinski definition) is 2. The zero-order valence-electron chi connectivity index (χ0n) is 5.55. The third-order valence-corrected chi connectivity index (χ3v) is 0.974. The lowest BCUT2D eigenvalue weighted by atomic mass is 10.7. The van der Waals surface area contributed by atoms with Gasteiger partial charge in [-0.1, -0.05) is 0 Å². The van der Waals surface area contributed by atoms with E-state index in [0.29, 0.717) is 0 Å². The van der Waals surface area contributed by atoms with E-state index in [4.69, 9.17) is 0 Å². The molecule has 0 amide bonds. The molecule has 0 aliphatic rings. The molecule has 67 valence electrons. The normalized spacial score (nSPS) is 11.2. The average Bonchev–Trinajstić information content (AvgIpc) is 2.33. The Kier molecular flexibility index (Phi) is 2.51. The first-order valence-corrected chi connectivity index (χ1v) is 2.80. The highest BCUT2D eigenvalue weighted by Gasteiger charge is 2.15. The highest BCUT2D eigenvalue weighted by atomic mass is 19.3. The van der Waals surface area contributed by atoms with Crippen molar-refractivity contribution >= 4 is 0 Å². The van der Waals surface area contributed by atoms with Crippen molar-refractivity contribution in [3.63, 3.8) is 0 Å². The molecule has 1 heterocycles. The minimum atomic E-state index is -3.15. The van der Waals surface area contributed by atoms with Gasteiger partial charge in [0.05, 0.1) is 0 Å². The van der Waals surface area contributed by atoms with Gasteiger partial charge in [0.15, 0.2) is 0 Å². The van der Waals surface area contributed by atoms with Gasteiger partial charge in [0.2, 0.25) is 5.88 Å². The van der Waals surface area contributed by atoms with Crippen molar-refractivity contribution in [3.05, 3.63) is 12.3 Å². The Balaban J connectivity index is 2.77. The Morgan fingerprint density at radius 3 is 2.58 bits per heavy atom. The predicted octanol–water partition coefficient (Wildman–Crippen LogP) is 1.68. The summed E-state index contributed by atoms with van der Waals surface area (Å²) in [5, 5.41) is 2.95. The van der Waals surface area contributed by atoms with Gasteiger partial charge in [-0.3, -0.25) is 0 Å². The number of alkyl halides is 4. The van der Waals surface area contributed by atoms with Gasteiger partial charge in [-0.25, -0.2) is 0 Å². The summed E-state index contributed by atoms with van der Waals surface area (Å²) < 4.78 is 50.5. The molecule has 0 aliphatic heterocycles. The zero-order valence-corrected chi connectivity index (χ0v) is 5.55. The fourth-order valence-electron chi connectivity index (χ4n) is 0.581. The van der Waals surface area contributed by atoms with Crippen molar-refractivity contribution in [1.29, 1.82) is 0 Å². The van der Waals surface area contributed by atoms with E-state index in [9.17, 15) is 17.6 Å². The van der Waals surface area contributed by atoms with E-state index in [-0.39, 0.29) is 4.68 Å². The topological polar surface area (TPSA) is 27.1 Å². The van der Waals surface area contributed by atoms with Crippen LogP contribution < -0.4 is 4.74 Å². The average molecular weight is 183 g/mol. The van der Waals surface area contributed by atoms with Gasteiger partial charge in [0, 0.05) is 6.07 Å². The molecule has 0 spiro atoms. The molecule has 0 fully saturated rings. The molecule has 0 aliphatic carbocycles. The lowest BCUT2D eigenvalue weighted by Crippen LogP contribution is -2.09. The molecule has 0 bridgehead atoms. The van der Waals surface area contributed by atoms with E-state index in [2.05, 4.69) is 9.84 Å². The largest absolute Gasteiger partial charge is 0.417 e. The Hall–Kier alpha value is -1.27. The maximum absolute atomic E-state index is 11.9. The summed E-state index contributed by atoms with van der Waals surface area (Å²) in [5.41, 5.74) is 0. The second kappa shape index (κ2) is 3.42. The summed E-state index contributed by atoms with van der Waals surface area (Å²) in [6, 6.07) is 0.804. The van der Waals surface area contributed by atoms with Crippen molar-refractivity contribution < 1.29 is 22.3 Å². The fraction of sp³-hybridized carbons (Fsp3) is 0.400. The lowest BCUT2D eigenvalue weighted by molar-refractivity contribution is -0.0645. The fourth-order valence-corrected chi connectivity index (χ4v) is 0.581. The Bertz CT molecular complexity index is 249.